The highest BCUT2D eigenvalue weighted by Crippen LogP contribution is 2.25. The van der Waals surface area contributed by atoms with Crippen molar-refractivity contribution in [3.8, 4) is 0 Å². The van der Waals surface area contributed by atoms with Gasteiger partial charge in [0.25, 0.3) is 0 Å². The van der Waals surface area contributed by atoms with Gasteiger partial charge in [0, 0.05) is 13.8 Å². The van der Waals surface area contributed by atoms with Gasteiger partial charge >= 0.3 is 16.4 Å². The molecule has 2 rings (SSSR count). The third kappa shape index (κ3) is 4.11. The maximum absolute atomic E-state index is 11.4. The average molecular weight is 324 g/mol. The third-order valence-electron chi connectivity index (χ3n) is 2.89. The van der Waals surface area contributed by atoms with Crippen molar-refractivity contribution < 1.29 is 35.8 Å². The van der Waals surface area contributed by atoms with Crippen LogP contribution in [0.5, 0.6) is 0 Å². The fourth-order valence-corrected chi connectivity index (χ4v) is 2.97. The van der Waals surface area contributed by atoms with E-state index in [0.717, 1.165) is 0 Å². The first kappa shape index (κ1) is 16.1. The quantitative estimate of drug-likeness (QED) is 0.553. The van der Waals surface area contributed by atoms with E-state index in [-0.39, 0.29) is 13.3 Å². The fraction of sp³-hybridized carbons (Fsp3) is 0.800. The highest BCUT2D eigenvalue weighted by molar-refractivity contribution is 7.81. The molecule has 0 bridgehead atoms. The molecule has 0 spiro atoms. The van der Waals surface area contributed by atoms with Crippen LogP contribution in [0, 0.1) is 0 Å². The van der Waals surface area contributed by atoms with E-state index < -0.39 is 46.8 Å². The number of fused-ring (bicyclic) bond motifs is 1. The van der Waals surface area contributed by atoms with E-state index >= 15 is 0 Å². The van der Waals surface area contributed by atoms with E-state index in [9.17, 15) is 18.0 Å². The lowest BCUT2D eigenvalue weighted by Crippen LogP contribution is -2.59. The molecule has 4 atom stereocenters. The van der Waals surface area contributed by atoms with E-state index in [2.05, 4.69) is 14.8 Å². The van der Waals surface area contributed by atoms with Gasteiger partial charge in [-0.25, -0.2) is 8.37 Å². The predicted molar refractivity (Wildman–Crippen MR) is 65.8 cm³/mol. The summed E-state index contributed by atoms with van der Waals surface area (Å²) in [6.07, 6.45) is -3.82. The molecule has 2 N–H and O–H groups in total. The van der Waals surface area contributed by atoms with Crippen molar-refractivity contribution in [2.45, 2.75) is 38.3 Å². The zero-order valence-corrected chi connectivity index (χ0v) is 12.2. The normalized spacial score (nSPS) is 35.1. The summed E-state index contributed by atoms with van der Waals surface area (Å²) in [6.45, 7) is 2.17. The second kappa shape index (κ2) is 6.23. The summed E-state index contributed by atoms with van der Waals surface area (Å²) in [5.74, 6) is -1.04. The molecule has 4 unspecified atom stereocenters. The number of amides is 1. The minimum Gasteiger partial charge on any atom is -0.456 e. The van der Waals surface area contributed by atoms with Crippen LogP contribution in [0.4, 0.5) is 0 Å². The smallest absolute Gasteiger partial charge is 0.400 e. The molecule has 11 heteroatoms. The molecule has 0 aromatic rings. The molecule has 2 aliphatic heterocycles. The number of nitrogens with one attached hydrogen (secondary N) is 2. The Morgan fingerprint density at radius 1 is 1.33 bits per heavy atom. The Morgan fingerprint density at radius 3 is 2.67 bits per heavy atom. The van der Waals surface area contributed by atoms with Crippen molar-refractivity contribution in [1.82, 2.24) is 10.6 Å². The first-order valence-corrected chi connectivity index (χ1v) is 7.49. The molecule has 120 valence electrons. The molecule has 0 saturated carbocycles. The van der Waals surface area contributed by atoms with Crippen LogP contribution in [-0.4, -0.2) is 58.1 Å². The molecule has 10 nitrogen and oxygen atoms in total. The Bertz CT molecular complexity index is 521. The number of ether oxygens (including phenoxy) is 2. The molecule has 0 aliphatic carbocycles. The van der Waals surface area contributed by atoms with Crippen LogP contribution in [0.3, 0.4) is 0 Å². The van der Waals surface area contributed by atoms with Crippen LogP contribution in [0.25, 0.3) is 0 Å². The first-order chi connectivity index (χ1) is 9.78. The summed E-state index contributed by atoms with van der Waals surface area (Å²) in [7, 11) is -4.20. The zero-order chi connectivity index (χ0) is 15.6. The third-order valence-corrected chi connectivity index (χ3v) is 3.77. The lowest BCUT2D eigenvalue weighted by Gasteiger charge is -2.34. The summed E-state index contributed by atoms with van der Waals surface area (Å²) in [6, 6.07) is 0. The van der Waals surface area contributed by atoms with Gasteiger partial charge in [0.05, 0.1) is 13.3 Å². The average Bonchev–Trinajstić information content (AvgIpc) is 2.49. The van der Waals surface area contributed by atoms with Gasteiger partial charge in [0.1, 0.15) is 18.4 Å². The minimum absolute atomic E-state index is 0.00333. The second-order valence-corrected chi connectivity index (χ2v) is 5.80. The molecule has 2 fully saturated rings. The van der Waals surface area contributed by atoms with E-state index in [1.807, 2.05) is 0 Å². The largest absolute Gasteiger partial charge is 0.456 e. The van der Waals surface area contributed by atoms with Crippen LogP contribution < -0.4 is 10.6 Å². The van der Waals surface area contributed by atoms with Crippen LogP contribution in [0.1, 0.15) is 13.8 Å². The van der Waals surface area contributed by atoms with Gasteiger partial charge in [-0.05, 0) is 0 Å². The summed E-state index contributed by atoms with van der Waals surface area (Å²) in [5, 5.41) is 5.31. The molecule has 0 aromatic heterocycles. The van der Waals surface area contributed by atoms with Gasteiger partial charge in [-0.1, -0.05) is 0 Å². The van der Waals surface area contributed by atoms with Crippen molar-refractivity contribution in [1.29, 1.82) is 0 Å². The monoisotopic (exact) mass is 324 g/mol. The highest BCUT2D eigenvalue weighted by atomic mass is 32.3. The van der Waals surface area contributed by atoms with Gasteiger partial charge in [0.2, 0.25) is 5.91 Å². The van der Waals surface area contributed by atoms with Gasteiger partial charge in [-0.2, -0.15) is 8.42 Å². The van der Waals surface area contributed by atoms with Crippen LogP contribution in [0.2, 0.25) is 0 Å². The van der Waals surface area contributed by atoms with Crippen molar-refractivity contribution in [3.05, 3.63) is 0 Å². The number of rotatable bonds is 2. The number of esters is 1. The van der Waals surface area contributed by atoms with E-state index in [0.29, 0.717) is 0 Å². The number of carbonyl (C=O) groups is 2. The molecular weight excluding hydrogens is 308 g/mol. The summed E-state index contributed by atoms with van der Waals surface area (Å²) in [4.78, 5) is 22.5. The van der Waals surface area contributed by atoms with Crippen molar-refractivity contribution >= 4 is 22.3 Å². The SMILES string of the molecule is CC(=O)NC1NCOC2COS(=O)(=O)OC2C1OC(C)=O. The maximum Gasteiger partial charge on any atom is 0.400 e. The molecule has 21 heavy (non-hydrogen) atoms. The van der Waals surface area contributed by atoms with E-state index in [1.54, 1.807) is 0 Å². The molecule has 2 heterocycles. The molecule has 0 radical (unpaired) electrons. The Labute approximate surface area is 121 Å². The summed E-state index contributed by atoms with van der Waals surface area (Å²) >= 11 is 0. The van der Waals surface area contributed by atoms with Gasteiger partial charge in [-0.15, -0.1) is 0 Å². The molecule has 2 saturated heterocycles. The topological polar surface area (TPSA) is 129 Å². The summed E-state index contributed by atoms with van der Waals surface area (Å²) in [5.41, 5.74) is 0. The molecule has 2 aliphatic rings. The Balaban J connectivity index is 2.28. The van der Waals surface area contributed by atoms with E-state index in [1.165, 1.54) is 13.8 Å². The van der Waals surface area contributed by atoms with Crippen LogP contribution in [0.15, 0.2) is 0 Å². The Kier molecular flexibility index (Phi) is 4.78. The fourth-order valence-electron chi connectivity index (χ4n) is 2.11. The lowest BCUT2D eigenvalue weighted by atomic mass is 10.1. The first-order valence-electron chi connectivity index (χ1n) is 6.15. The van der Waals surface area contributed by atoms with Crippen molar-refractivity contribution in [3.63, 3.8) is 0 Å². The second-order valence-electron chi connectivity index (χ2n) is 4.56. The highest BCUT2D eigenvalue weighted by Gasteiger charge is 2.47. The maximum atomic E-state index is 11.4. The van der Waals surface area contributed by atoms with Crippen LogP contribution >= 0.6 is 0 Å². The molecular formula is C10H16N2O8S. The number of hydrogen-bond donors (Lipinski definition) is 2. The van der Waals surface area contributed by atoms with E-state index in [4.69, 9.17) is 13.7 Å². The van der Waals surface area contributed by atoms with Gasteiger partial charge in [0.15, 0.2) is 6.10 Å². The van der Waals surface area contributed by atoms with Gasteiger partial charge in [-0.3, -0.25) is 14.9 Å². The van der Waals surface area contributed by atoms with Crippen molar-refractivity contribution in [2.75, 3.05) is 13.3 Å². The molecule has 0 aromatic carbocycles. The van der Waals surface area contributed by atoms with Gasteiger partial charge < -0.3 is 14.8 Å². The van der Waals surface area contributed by atoms with Crippen LogP contribution in [-0.2, 0) is 37.8 Å². The minimum atomic E-state index is -4.20. The number of hydrogen-bond acceptors (Lipinski definition) is 9. The molecule has 1 amide bonds. The predicted octanol–water partition coefficient (Wildman–Crippen LogP) is -2.01. The zero-order valence-electron chi connectivity index (χ0n) is 11.4. The Hall–Kier alpha value is -1.27. The summed E-state index contributed by atoms with van der Waals surface area (Å²) < 4.78 is 42.7. The number of carbonyl (C=O) groups excluding carboxylic acids is 2. The van der Waals surface area contributed by atoms with Crippen molar-refractivity contribution in [2.24, 2.45) is 0 Å². The lowest BCUT2D eigenvalue weighted by molar-refractivity contribution is -0.162. The standard InChI is InChI=1S/C10H16N2O8S/c1-5(13)12-10-9(19-6(2)14)8-7(17-4-11-10)3-18-21(15,16)20-8/h7-11H,3-4H2,1-2H3,(H,12,13). The Morgan fingerprint density at radius 2 is 2.05 bits per heavy atom.